The lowest BCUT2D eigenvalue weighted by atomic mass is 9.80. The first-order valence-electron chi connectivity index (χ1n) is 10.7. The summed E-state index contributed by atoms with van der Waals surface area (Å²) in [4.78, 5) is 13.1. The fourth-order valence-corrected chi connectivity index (χ4v) is 5.02. The molecule has 1 saturated heterocycles. The van der Waals surface area contributed by atoms with Crippen molar-refractivity contribution in [3.05, 3.63) is 69.5 Å². The minimum Gasteiger partial charge on any atom is -0.465 e. The van der Waals surface area contributed by atoms with Crippen molar-refractivity contribution in [2.75, 3.05) is 13.1 Å². The van der Waals surface area contributed by atoms with Crippen LogP contribution in [0.25, 0.3) is 11.4 Å². The second-order valence-corrected chi connectivity index (χ2v) is 9.27. The average molecular weight is 493 g/mol. The van der Waals surface area contributed by atoms with Gasteiger partial charge in [0.2, 0.25) is 0 Å². The van der Waals surface area contributed by atoms with E-state index in [0.717, 1.165) is 18.9 Å². The Hall–Kier alpha value is -2.71. The number of aromatic nitrogens is 3. The van der Waals surface area contributed by atoms with E-state index in [-0.39, 0.29) is 24.4 Å². The molecule has 2 atom stereocenters. The molecule has 1 aliphatic carbocycles. The second-order valence-electron chi connectivity index (χ2n) is 8.49. The normalized spacial score (nSPS) is 20.8. The largest absolute Gasteiger partial charge is 0.465 e. The number of amides is 1. The number of nitrogens with zero attached hydrogens (tertiary/aromatic N) is 4. The third-order valence-corrected chi connectivity index (χ3v) is 7.23. The zero-order valence-electron chi connectivity index (χ0n) is 17.4. The molecule has 2 aromatic carbocycles. The van der Waals surface area contributed by atoms with Gasteiger partial charge in [-0.1, -0.05) is 35.3 Å². The zero-order chi connectivity index (χ0) is 23.3. The van der Waals surface area contributed by atoms with Gasteiger partial charge in [-0.3, -0.25) is 0 Å². The van der Waals surface area contributed by atoms with Crippen molar-refractivity contribution in [2.24, 2.45) is 0 Å². The van der Waals surface area contributed by atoms with E-state index in [0.29, 0.717) is 45.8 Å². The summed E-state index contributed by atoms with van der Waals surface area (Å²) in [5.74, 6) is -1.31. The number of carboxylic acid groups (broad SMARTS) is 1. The molecule has 10 heteroatoms. The molecule has 3 aromatic rings. The van der Waals surface area contributed by atoms with Gasteiger partial charge in [0.05, 0.1) is 10.0 Å². The highest BCUT2D eigenvalue weighted by molar-refractivity contribution is 6.43. The monoisotopic (exact) mass is 492 g/mol. The number of benzene rings is 2. The molecule has 1 aliphatic heterocycles. The summed E-state index contributed by atoms with van der Waals surface area (Å²) >= 11 is 12.7. The molecule has 0 radical (unpaired) electrons. The third-order valence-electron chi connectivity index (χ3n) is 6.41. The van der Waals surface area contributed by atoms with Gasteiger partial charge in [-0.05, 0) is 55.0 Å². The van der Waals surface area contributed by atoms with Gasteiger partial charge >= 0.3 is 6.09 Å². The Bertz CT molecular complexity index is 1230. The quantitative estimate of drug-likeness (QED) is 0.476. The van der Waals surface area contributed by atoms with Gasteiger partial charge in [-0.25, -0.2) is 13.6 Å². The molecule has 172 valence electrons. The minimum absolute atomic E-state index is 0.158. The van der Waals surface area contributed by atoms with E-state index in [1.807, 2.05) is 10.6 Å². The number of rotatable bonds is 4. The van der Waals surface area contributed by atoms with E-state index < -0.39 is 17.7 Å². The zero-order valence-corrected chi connectivity index (χ0v) is 18.9. The molecule has 1 N–H and O–H groups in total. The van der Waals surface area contributed by atoms with Gasteiger partial charge in [-0.15, -0.1) is 10.2 Å². The average Bonchev–Trinajstić information content (AvgIpc) is 3.55. The van der Waals surface area contributed by atoms with Crippen LogP contribution in [0.1, 0.15) is 48.5 Å². The maximum absolute atomic E-state index is 14.1. The highest BCUT2D eigenvalue weighted by Crippen LogP contribution is 2.46. The molecule has 2 heterocycles. The molecule has 33 heavy (non-hydrogen) atoms. The van der Waals surface area contributed by atoms with Crippen LogP contribution in [0, 0.1) is 11.6 Å². The maximum Gasteiger partial charge on any atom is 0.407 e. The first kappa shape index (κ1) is 22.1. The number of carbonyl (C=O) groups is 1. The van der Waals surface area contributed by atoms with Crippen molar-refractivity contribution >= 4 is 29.3 Å². The summed E-state index contributed by atoms with van der Waals surface area (Å²) in [6.07, 6.45) is 1.29. The summed E-state index contributed by atoms with van der Waals surface area (Å²) < 4.78 is 29.7. The molecule has 6 nitrogen and oxygen atoms in total. The van der Waals surface area contributed by atoms with Gasteiger partial charge in [-0.2, -0.15) is 0 Å². The van der Waals surface area contributed by atoms with Crippen LogP contribution in [0.5, 0.6) is 0 Å². The summed E-state index contributed by atoms with van der Waals surface area (Å²) in [6.45, 7) is 0.465. The molecule has 0 spiro atoms. The molecule has 5 rings (SSSR count). The number of likely N-dealkylation sites (tertiary alicyclic amines) is 1. The Morgan fingerprint density at radius 2 is 1.82 bits per heavy atom. The van der Waals surface area contributed by atoms with Crippen LogP contribution in [0.4, 0.5) is 13.6 Å². The predicted octanol–water partition coefficient (Wildman–Crippen LogP) is 6.12. The number of halogens is 4. The van der Waals surface area contributed by atoms with Crippen LogP contribution in [-0.2, 0) is 0 Å². The second kappa shape index (κ2) is 8.57. The highest BCUT2D eigenvalue weighted by Gasteiger charge is 2.40. The Kier molecular flexibility index (Phi) is 5.74. The molecular weight excluding hydrogens is 473 g/mol. The topological polar surface area (TPSA) is 71.2 Å². The molecule has 2 fully saturated rings. The Labute approximate surface area is 198 Å². The van der Waals surface area contributed by atoms with Crippen molar-refractivity contribution < 1.29 is 18.7 Å². The van der Waals surface area contributed by atoms with E-state index >= 15 is 0 Å². The van der Waals surface area contributed by atoms with Crippen molar-refractivity contribution in [3.8, 4) is 11.4 Å². The van der Waals surface area contributed by atoms with Crippen molar-refractivity contribution in [2.45, 2.75) is 37.1 Å². The molecule has 0 unspecified atom stereocenters. The van der Waals surface area contributed by atoms with Gasteiger partial charge in [0.15, 0.2) is 17.5 Å². The van der Waals surface area contributed by atoms with Gasteiger partial charge in [0, 0.05) is 30.6 Å². The minimum atomic E-state index is -1.03. The maximum atomic E-state index is 14.1. The number of hydrogen-bond acceptors (Lipinski definition) is 3. The molecule has 1 saturated carbocycles. The molecule has 0 bridgehead atoms. The SMILES string of the molecule is O=C(O)N1CC[C@H](c2ccc(F)c(F)c2)[C@@H](c2nnc(-c3cccc(Cl)c3Cl)n2C2CC2)C1. The van der Waals surface area contributed by atoms with Crippen LogP contribution in [0.15, 0.2) is 36.4 Å². The fraction of sp³-hybridized carbons (Fsp3) is 0.348. The lowest BCUT2D eigenvalue weighted by Gasteiger charge is -2.37. The van der Waals surface area contributed by atoms with E-state index in [9.17, 15) is 18.7 Å². The van der Waals surface area contributed by atoms with E-state index in [1.165, 1.54) is 11.0 Å². The first-order valence-corrected chi connectivity index (χ1v) is 11.4. The Morgan fingerprint density at radius 3 is 2.52 bits per heavy atom. The summed E-state index contributed by atoms with van der Waals surface area (Å²) in [6, 6.07) is 9.30. The third kappa shape index (κ3) is 4.06. The first-order chi connectivity index (χ1) is 15.8. The molecule has 1 amide bonds. The van der Waals surface area contributed by atoms with Crippen LogP contribution < -0.4 is 0 Å². The van der Waals surface area contributed by atoms with Gasteiger partial charge < -0.3 is 14.6 Å². The molecule has 2 aliphatic rings. The van der Waals surface area contributed by atoms with Crippen molar-refractivity contribution in [3.63, 3.8) is 0 Å². The molecular formula is C23H20Cl2F2N4O2. The van der Waals surface area contributed by atoms with Crippen LogP contribution in [0.3, 0.4) is 0 Å². The standard InChI is InChI=1S/C23H20Cl2F2N4O2/c24-17-3-1-2-15(20(17)25)21-28-29-22(31(21)13-5-6-13)16-11-30(23(32)33)9-8-14(16)12-4-7-18(26)19(27)10-12/h1-4,7,10,13-14,16H,5-6,8-9,11H2,(H,32,33)/t14-,16+/m1/s1. The summed E-state index contributed by atoms with van der Waals surface area (Å²) in [5.41, 5.74) is 1.25. The summed E-state index contributed by atoms with van der Waals surface area (Å²) in [7, 11) is 0. The van der Waals surface area contributed by atoms with Gasteiger partial charge in [0.25, 0.3) is 0 Å². The Morgan fingerprint density at radius 1 is 1.03 bits per heavy atom. The van der Waals surface area contributed by atoms with E-state index in [4.69, 9.17) is 23.2 Å². The lowest BCUT2D eigenvalue weighted by Crippen LogP contribution is -2.42. The van der Waals surface area contributed by atoms with Crippen LogP contribution in [0.2, 0.25) is 10.0 Å². The Balaban J connectivity index is 1.62. The van der Waals surface area contributed by atoms with E-state index in [2.05, 4.69) is 10.2 Å². The lowest BCUT2D eigenvalue weighted by molar-refractivity contribution is 0.123. The van der Waals surface area contributed by atoms with E-state index in [1.54, 1.807) is 18.2 Å². The molecule has 1 aromatic heterocycles. The summed E-state index contributed by atoms with van der Waals surface area (Å²) in [5, 5.41) is 19.3. The van der Waals surface area contributed by atoms with Crippen LogP contribution in [-0.4, -0.2) is 44.0 Å². The van der Waals surface area contributed by atoms with Crippen molar-refractivity contribution in [1.82, 2.24) is 19.7 Å². The van der Waals surface area contributed by atoms with Gasteiger partial charge in [0.1, 0.15) is 5.82 Å². The highest BCUT2D eigenvalue weighted by atomic mass is 35.5. The number of piperidine rings is 1. The smallest absolute Gasteiger partial charge is 0.407 e. The number of hydrogen-bond donors (Lipinski definition) is 1. The fourth-order valence-electron chi connectivity index (χ4n) is 4.64. The van der Waals surface area contributed by atoms with Crippen LogP contribution >= 0.6 is 23.2 Å². The van der Waals surface area contributed by atoms with Crippen molar-refractivity contribution in [1.29, 1.82) is 0 Å². The predicted molar refractivity (Wildman–Crippen MR) is 120 cm³/mol.